The minimum Gasteiger partial charge on any atom is -0.478 e. The van der Waals surface area contributed by atoms with Gasteiger partial charge >= 0.3 is 5.97 Å². The molecule has 0 bridgehead atoms. The Morgan fingerprint density at radius 2 is 1.95 bits per heavy atom. The Hall–Kier alpha value is -2.58. The van der Waals surface area contributed by atoms with E-state index in [-0.39, 0.29) is 21.8 Å². The third-order valence-corrected chi connectivity index (χ3v) is 2.90. The predicted molar refractivity (Wildman–Crippen MR) is 72.8 cm³/mol. The molecule has 0 aliphatic carbocycles. The Bertz CT molecular complexity index is 726. The summed E-state index contributed by atoms with van der Waals surface area (Å²) in [7, 11) is 0. The van der Waals surface area contributed by atoms with Crippen LogP contribution in [-0.2, 0) is 0 Å². The number of hydrogen-bond donors (Lipinski definition) is 2. The lowest BCUT2D eigenvalue weighted by atomic mass is 10.2. The van der Waals surface area contributed by atoms with E-state index in [9.17, 15) is 9.18 Å². The normalized spacial score (nSPS) is 9.85. The highest BCUT2D eigenvalue weighted by atomic mass is 35.5. The van der Waals surface area contributed by atoms with Crippen LogP contribution in [0.3, 0.4) is 0 Å². The van der Waals surface area contributed by atoms with Gasteiger partial charge in [-0.15, -0.1) is 0 Å². The van der Waals surface area contributed by atoms with Gasteiger partial charge in [-0.1, -0.05) is 11.6 Å². The topological polar surface area (TPSA) is 73.1 Å². The second kappa shape index (κ2) is 5.59. The van der Waals surface area contributed by atoms with Crippen molar-refractivity contribution < 1.29 is 14.3 Å². The number of carboxylic acid groups (broad SMARTS) is 1. The summed E-state index contributed by atoms with van der Waals surface area (Å²) < 4.78 is 13.7. The number of rotatable bonds is 3. The van der Waals surface area contributed by atoms with Gasteiger partial charge in [0.15, 0.2) is 0 Å². The molecular weight excluding hydrogens is 283 g/mol. The fraction of sp³-hybridized carbons (Fsp3) is 0. The van der Waals surface area contributed by atoms with Crippen LogP contribution >= 0.6 is 11.6 Å². The second-order valence-electron chi connectivity index (χ2n) is 3.93. The highest BCUT2D eigenvalue weighted by Gasteiger charge is 2.09. The molecule has 2 aromatic rings. The molecule has 0 atom stereocenters. The quantitative estimate of drug-likeness (QED) is 0.902. The lowest BCUT2D eigenvalue weighted by Crippen LogP contribution is -1.99. The van der Waals surface area contributed by atoms with Crippen LogP contribution in [0.5, 0.6) is 0 Å². The summed E-state index contributed by atoms with van der Waals surface area (Å²) >= 11 is 5.93. The molecule has 0 aliphatic rings. The Balaban J connectivity index is 2.31. The van der Waals surface area contributed by atoms with Crippen LogP contribution in [0.25, 0.3) is 0 Å². The number of nitrogens with zero attached hydrogens (tertiary/aromatic N) is 1. The minimum absolute atomic E-state index is 0.0425. The van der Waals surface area contributed by atoms with Gasteiger partial charge in [0.25, 0.3) is 0 Å². The summed E-state index contributed by atoms with van der Waals surface area (Å²) in [6.45, 7) is 0. The number of carbonyl (C=O) groups is 1. The Kier molecular flexibility index (Phi) is 3.87. The molecule has 2 rings (SSSR count). The van der Waals surface area contributed by atoms with Gasteiger partial charge in [0.2, 0.25) is 0 Å². The predicted octanol–water partition coefficient (Wildman–Crippen LogP) is 3.79. The van der Waals surface area contributed by atoms with Crippen molar-refractivity contribution in [1.82, 2.24) is 0 Å². The zero-order valence-corrected chi connectivity index (χ0v) is 10.8. The van der Waals surface area contributed by atoms with Crippen molar-refractivity contribution in [3.8, 4) is 6.07 Å². The molecule has 2 N–H and O–H groups in total. The number of nitrogens with one attached hydrogen (secondary N) is 1. The lowest BCUT2D eigenvalue weighted by Gasteiger charge is -2.10. The lowest BCUT2D eigenvalue weighted by molar-refractivity contribution is 0.0697. The van der Waals surface area contributed by atoms with E-state index >= 15 is 0 Å². The van der Waals surface area contributed by atoms with Crippen molar-refractivity contribution in [2.75, 3.05) is 5.32 Å². The highest BCUT2D eigenvalue weighted by molar-refractivity contribution is 6.33. The van der Waals surface area contributed by atoms with Crippen LogP contribution in [0, 0.1) is 17.1 Å². The molecule has 0 saturated heterocycles. The molecule has 0 aliphatic heterocycles. The fourth-order valence-corrected chi connectivity index (χ4v) is 1.81. The van der Waals surface area contributed by atoms with E-state index in [0.717, 1.165) is 6.07 Å². The molecule has 0 unspecified atom stereocenters. The number of hydrogen-bond acceptors (Lipinski definition) is 3. The van der Waals surface area contributed by atoms with Crippen LogP contribution in [0.1, 0.15) is 15.9 Å². The summed E-state index contributed by atoms with van der Waals surface area (Å²) in [6.07, 6.45) is 0. The maximum atomic E-state index is 13.7. The van der Waals surface area contributed by atoms with Crippen molar-refractivity contribution in [1.29, 1.82) is 5.26 Å². The van der Waals surface area contributed by atoms with Gasteiger partial charge < -0.3 is 10.4 Å². The van der Waals surface area contributed by atoms with E-state index in [1.54, 1.807) is 0 Å². The number of halogens is 2. The number of carboxylic acids is 1. The molecule has 0 aromatic heterocycles. The monoisotopic (exact) mass is 290 g/mol. The zero-order valence-electron chi connectivity index (χ0n) is 10.0. The summed E-state index contributed by atoms with van der Waals surface area (Å²) in [5.41, 5.74) is 0.774. The first-order valence-electron chi connectivity index (χ1n) is 5.51. The largest absolute Gasteiger partial charge is 0.478 e. The van der Waals surface area contributed by atoms with Gasteiger partial charge in [0.05, 0.1) is 33.6 Å². The van der Waals surface area contributed by atoms with Crippen molar-refractivity contribution in [3.05, 3.63) is 58.4 Å². The maximum Gasteiger partial charge on any atom is 0.335 e. The van der Waals surface area contributed by atoms with Crippen molar-refractivity contribution in [2.45, 2.75) is 0 Å². The Morgan fingerprint density at radius 1 is 1.25 bits per heavy atom. The number of aromatic carboxylic acids is 1. The molecule has 0 amide bonds. The third-order valence-electron chi connectivity index (χ3n) is 2.58. The van der Waals surface area contributed by atoms with Crippen LogP contribution in [0.2, 0.25) is 5.02 Å². The van der Waals surface area contributed by atoms with Crippen LogP contribution in [0.4, 0.5) is 15.8 Å². The van der Waals surface area contributed by atoms with Gasteiger partial charge in [-0.05, 0) is 36.4 Å². The molecule has 0 radical (unpaired) electrons. The van der Waals surface area contributed by atoms with E-state index in [1.807, 2.05) is 6.07 Å². The average molecular weight is 291 g/mol. The number of anilines is 2. The van der Waals surface area contributed by atoms with Crippen molar-refractivity contribution >= 4 is 28.9 Å². The average Bonchev–Trinajstić information content (AvgIpc) is 2.42. The molecule has 0 saturated carbocycles. The first kappa shape index (κ1) is 13.8. The van der Waals surface area contributed by atoms with Crippen LogP contribution < -0.4 is 5.32 Å². The van der Waals surface area contributed by atoms with Gasteiger partial charge in [0.1, 0.15) is 5.82 Å². The van der Waals surface area contributed by atoms with Crippen molar-refractivity contribution in [2.24, 2.45) is 0 Å². The summed E-state index contributed by atoms with van der Waals surface area (Å²) in [5, 5.41) is 20.4. The molecule has 2 aromatic carbocycles. The van der Waals surface area contributed by atoms with E-state index < -0.39 is 11.8 Å². The maximum absolute atomic E-state index is 13.7. The third kappa shape index (κ3) is 2.87. The van der Waals surface area contributed by atoms with E-state index in [1.165, 1.54) is 30.3 Å². The summed E-state index contributed by atoms with van der Waals surface area (Å²) in [6, 6.07) is 9.88. The summed E-state index contributed by atoms with van der Waals surface area (Å²) in [4.78, 5) is 10.8. The van der Waals surface area contributed by atoms with E-state index in [2.05, 4.69) is 5.32 Å². The van der Waals surface area contributed by atoms with Crippen LogP contribution in [0.15, 0.2) is 36.4 Å². The molecule has 4 nitrogen and oxygen atoms in total. The Morgan fingerprint density at radius 3 is 2.50 bits per heavy atom. The van der Waals surface area contributed by atoms with E-state index in [4.69, 9.17) is 22.0 Å². The van der Waals surface area contributed by atoms with Crippen molar-refractivity contribution in [3.63, 3.8) is 0 Å². The molecule has 100 valence electrons. The molecular formula is C14H8ClFN2O2. The first-order valence-corrected chi connectivity index (χ1v) is 5.88. The minimum atomic E-state index is -1.09. The van der Waals surface area contributed by atoms with Gasteiger partial charge in [-0.3, -0.25) is 0 Å². The zero-order chi connectivity index (χ0) is 14.7. The van der Waals surface area contributed by atoms with E-state index in [0.29, 0.717) is 5.69 Å². The standard InChI is InChI=1S/C14H8ClFN2O2/c15-10-6-9(14(19)20)2-4-12(10)18-13-3-1-8(7-17)5-11(13)16/h1-6,18H,(H,19,20). The summed E-state index contributed by atoms with van der Waals surface area (Å²) in [5.74, 6) is -1.69. The molecule has 6 heteroatoms. The SMILES string of the molecule is N#Cc1ccc(Nc2ccc(C(=O)O)cc2Cl)c(F)c1. The first-order chi connectivity index (χ1) is 9.51. The molecule has 0 spiro atoms. The van der Waals surface area contributed by atoms with Gasteiger partial charge in [-0.2, -0.15) is 5.26 Å². The molecule has 20 heavy (non-hydrogen) atoms. The molecule has 0 fully saturated rings. The van der Waals surface area contributed by atoms with Gasteiger partial charge in [0, 0.05) is 0 Å². The smallest absolute Gasteiger partial charge is 0.335 e. The highest BCUT2D eigenvalue weighted by Crippen LogP contribution is 2.28. The number of benzene rings is 2. The van der Waals surface area contributed by atoms with Gasteiger partial charge in [-0.25, -0.2) is 9.18 Å². The fourth-order valence-electron chi connectivity index (χ4n) is 1.58. The Labute approximate surface area is 119 Å². The second-order valence-corrected chi connectivity index (χ2v) is 4.34. The number of nitriles is 1. The molecule has 0 heterocycles. The van der Waals surface area contributed by atoms with Crippen LogP contribution in [-0.4, -0.2) is 11.1 Å².